The molecular formula is C11H15ClO2S. The molecule has 0 aliphatic rings. The summed E-state index contributed by atoms with van der Waals surface area (Å²) in [6.45, 7) is 7.53. The zero-order valence-corrected chi connectivity index (χ0v) is 10.9. The van der Waals surface area contributed by atoms with Crippen LogP contribution in [-0.4, -0.2) is 8.42 Å². The fourth-order valence-electron chi connectivity index (χ4n) is 1.57. The van der Waals surface area contributed by atoms with E-state index in [0.717, 1.165) is 22.3 Å². The summed E-state index contributed by atoms with van der Waals surface area (Å²) in [5, 5.41) is -0.654. The average Bonchev–Trinajstić information content (AvgIpc) is 2.12. The van der Waals surface area contributed by atoms with Gasteiger partial charge in [-0.2, -0.15) is 0 Å². The quantitative estimate of drug-likeness (QED) is 0.751. The van der Waals surface area contributed by atoms with E-state index in [1.54, 1.807) is 6.92 Å². The second-order valence-electron chi connectivity index (χ2n) is 3.84. The largest absolute Gasteiger partial charge is 0.239 e. The van der Waals surface area contributed by atoms with Gasteiger partial charge < -0.3 is 0 Å². The first kappa shape index (κ1) is 12.5. The first-order valence-electron chi connectivity index (χ1n) is 4.75. The minimum atomic E-state index is -3.54. The predicted molar refractivity (Wildman–Crippen MR) is 63.8 cm³/mol. The summed E-state index contributed by atoms with van der Waals surface area (Å²) in [6, 6.07) is 3.76. The second kappa shape index (κ2) is 4.14. The van der Waals surface area contributed by atoms with Gasteiger partial charge in [-0.3, -0.25) is 0 Å². The molecule has 1 aromatic rings. The number of rotatable bonds is 2. The van der Waals surface area contributed by atoms with Gasteiger partial charge in [0.1, 0.15) is 0 Å². The molecule has 0 aliphatic heterocycles. The van der Waals surface area contributed by atoms with E-state index in [1.807, 2.05) is 32.9 Å². The Labute approximate surface area is 95.7 Å². The SMILES string of the molecule is Cc1ccc(C(C)S(=O)(=O)Cl)c(C)c1C. The van der Waals surface area contributed by atoms with Gasteiger partial charge in [0, 0.05) is 10.7 Å². The first-order chi connectivity index (χ1) is 6.75. The van der Waals surface area contributed by atoms with Crippen molar-refractivity contribution in [2.75, 3.05) is 0 Å². The van der Waals surface area contributed by atoms with E-state index < -0.39 is 14.3 Å². The number of hydrogen-bond acceptors (Lipinski definition) is 2. The topological polar surface area (TPSA) is 34.1 Å². The molecule has 1 rings (SSSR count). The van der Waals surface area contributed by atoms with E-state index in [2.05, 4.69) is 0 Å². The Hall–Kier alpha value is -0.540. The van der Waals surface area contributed by atoms with E-state index in [4.69, 9.17) is 10.7 Å². The minimum Gasteiger partial charge on any atom is -0.212 e. The predicted octanol–water partition coefficient (Wildman–Crippen LogP) is 3.24. The molecule has 0 N–H and O–H groups in total. The lowest BCUT2D eigenvalue weighted by molar-refractivity contribution is 0.600. The van der Waals surface area contributed by atoms with E-state index in [0.29, 0.717) is 0 Å². The van der Waals surface area contributed by atoms with Crippen LogP contribution in [0, 0.1) is 20.8 Å². The molecule has 0 aromatic heterocycles. The van der Waals surface area contributed by atoms with Crippen LogP contribution in [-0.2, 0) is 9.05 Å². The maximum atomic E-state index is 11.2. The van der Waals surface area contributed by atoms with Crippen molar-refractivity contribution in [3.63, 3.8) is 0 Å². The Morgan fingerprint density at radius 1 is 1.13 bits per heavy atom. The van der Waals surface area contributed by atoms with Crippen LogP contribution >= 0.6 is 10.7 Å². The molecule has 0 heterocycles. The lowest BCUT2D eigenvalue weighted by Gasteiger charge is -2.15. The van der Waals surface area contributed by atoms with Crippen LogP contribution in [0.1, 0.15) is 34.4 Å². The van der Waals surface area contributed by atoms with E-state index in [-0.39, 0.29) is 0 Å². The number of aryl methyl sites for hydroxylation is 1. The van der Waals surface area contributed by atoms with Gasteiger partial charge in [0.2, 0.25) is 9.05 Å². The van der Waals surface area contributed by atoms with Crippen molar-refractivity contribution >= 4 is 19.7 Å². The third kappa shape index (κ3) is 2.52. The summed E-state index contributed by atoms with van der Waals surface area (Å²) >= 11 is 0. The lowest BCUT2D eigenvalue weighted by atomic mass is 9.97. The summed E-state index contributed by atoms with van der Waals surface area (Å²) in [5.41, 5.74) is 4.08. The number of halogens is 1. The highest BCUT2D eigenvalue weighted by atomic mass is 35.7. The molecule has 0 spiro atoms. The lowest BCUT2D eigenvalue weighted by Crippen LogP contribution is -2.06. The summed E-state index contributed by atoms with van der Waals surface area (Å²) in [5.74, 6) is 0. The highest BCUT2D eigenvalue weighted by Gasteiger charge is 2.22. The zero-order valence-electron chi connectivity index (χ0n) is 9.33. The summed E-state index contributed by atoms with van der Waals surface area (Å²) in [6.07, 6.45) is 0. The molecule has 1 unspecified atom stereocenters. The summed E-state index contributed by atoms with van der Waals surface area (Å²) in [4.78, 5) is 0. The molecule has 1 atom stereocenters. The second-order valence-corrected chi connectivity index (χ2v) is 6.79. The Balaban J connectivity index is 3.35. The maximum Gasteiger partial charge on any atom is 0.239 e. The normalized spacial score (nSPS) is 13.9. The van der Waals surface area contributed by atoms with Gasteiger partial charge in [-0.15, -0.1) is 0 Å². The summed E-state index contributed by atoms with van der Waals surface area (Å²) < 4.78 is 22.5. The maximum absolute atomic E-state index is 11.2. The fraction of sp³-hybridized carbons (Fsp3) is 0.455. The third-order valence-corrected chi connectivity index (χ3v) is 4.86. The molecule has 0 aliphatic carbocycles. The van der Waals surface area contributed by atoms with Gasteiger partial charge in [0.05, 0.1) is 5.25 Å². The van der Waals surface area contributed by atoms with Crippen molar-refractivity contribution in [2.24, 2.45) is 0 Å². The first-order valence-corrected chi connectivity index (χ1v) is 7.12. The van der Waals surface area contributed by atoms with E-state index in [1.165, 1.54) is 0 Å². The molecular weight excluding hydrogens is 232 g/mol. The van der Waals surface area contributed by atoms with Crippen LogP contribution in [0.2, 0.25) is 0 Å². The van der Waals surface area contributed by atoms with Gasteiger partial charge in [0.25, 0.3) is 0 Å². The molecule has 15 heavy (non-hydrogen) atoms. The van der Waals surface area contributed by atoms with Gasteiger partial charge in [-0.05, 0) is 49.9 Å². The van der Waals surface area contributed by atoms with Crippen molar-refractivity contribution in [3.8, 4) is 0 Å². The monoisotopic (exact) mass is 246 g/mol. The Bertz CT molecular complexity index is 478. The van der Waals surface area contributed by atoms with Crippen LogP contribution in [0.5, 0.6) is 0 Å². The molecule has 84 valence electrons. The van der Waals surface area contributed by atoms with Crippen LogP contribution < -0.4 is 0 Å². The zero-order chi connectivity index (χ0) is 11.8. The molecule has 2 nitrogen and oxygen atoms in total. The highest BCUT2D eigenvalue weighted by Crippen LogP contribution is 2.29. The third-order valence-electron chi connectivity index (χ3n) is 2.96. The number of benzene rings is 1. The standard InChI is InChI=1S/C11H15ClO2S/c1-7-5-6-11(9(3)8(7)2)10(4)15(12,13)14/h5-6,10H,1-4H3. The number of hydrogen-bond donors (Lipinski definition) is 0. The smallest absolute Gasteiger partial charge is 0.212 e. The molecule has 0 saturated carbocycles. The van der Waals surface area contributed by atoms with Gasteiger partial charge in [-0.25, -0.2) is 8.42 Å². The summed E-state index contributed by atoms with van der Waals surface area (Å²) in [7, 11) is 1.82. The van der Waals surface area contributed by atoms with Crippen molar-refractivity contribution < 1.29 is 8.42 Å². The fourth-order valence-corrected chi connectivity index (χ4v) is 2.42. The van der Waals surface area contributed by atoms with E-state index >= 15 is 0 Å². The molecule has 0 saturated heterocycles. The minimum absolute atomic E-state index is 0.654. The van der Waals surface area contributed by atoms with Gasteiger partial charge >= 0.3 is 0 Å². The Morgan fingerprint density at radius 2 is 1.67 bits per heavy atom. The van der Waals surface area contributed by atoms with Crippen LogP contribution in [0.25, 0.3) is 0 Å². The molecule has 0 amide bonds. The molecule has 0 fully saturated rings. The van der Waals surface area contributed by atoms with Crippen molar-refractivity contribution in [1.29, 1.82) is 0 Å². The Morgan fingerprint density at radius 3 is 2.13 bits per heavy atom. The molecule has 0 bridgehead atoms. The van der Waals surface area contributed by atoms with Crippen molar-refractivity contribution in [1.82, 2.24) is 0 Å². The Kier molecular flexibility index (Phi) is 3.46. The van der Waals surface area contributed by atoms with Crippen molar-refractivity contribution in [2.45, 2.75) is 32.9 Å². The van der Waals surface area contributed by atoms with Crippen LogP contribution in [0.4, 0.5) is 0 Å². The van der Waals surface area contributed by atoms with Gasteiger partial charge in [0.15, 0.2) is 0 Å². The average molecular weight is 247 g/mol. The van der Waals surface area contributed by atoms with Crippen LogP contribution in [0.3, 0.4) is 0 Å². The van der Waals surface area contributed by atoms with Gasteiger partial charge in [-0.1, -0.05) is 12.1 Å². The molecule has 4 heteroatoms. The molecule has 1 aromatic carbocycles. The molecule has 0 radical (unpaired) electrons. The highest BCUT2D eigenvalue weighted by molar-refractivity contribution is 8.13. The van der Waals surface area contributed by atoms with Crippen molar-refractivity contribution in [3.05, 3.63) is 34.4 Å². The van der Waals surface area contributed by atoms with E-state index in [9.17, 15) is 8.42 Å². The van der Waals surface area contributed by atoms with Crippen LogP contribution in [0.15, 0.2) is 12.1 Å².